The molecule has 8 heteroatoms. The Hall–Kier alpha value is -3.42. The molecule has 0 N–H and O–H groups in total. The van der Waals surface area contributed by atoms with Gasteiger partial charge in [-0.1, -0.05) is 22.9 Å². The molecular weight excluding hydrogens is 401 g/mol. The van der Waals surface area contributed by atoms with Crippen LogP contribution in [0.1, 0.15) is 42.6 Å². The summed E-state index contributed by atoms with van der Waals surface area (Å²) in [5.41, 5.74) is 1.15. The minimum absolute atomic E-state index is 0.136. The molecule has 0 saturated carbocycles. The van der Waals surface area contributed by atoms with Crippen LogP contribution in [0.15, 0.2) is 53.1 Å². The van der Waals surface area contributed by atoms with Crippen molar-refractivity contribution in [2.24, 2.45) is 0 Å². The van der Waals surface area contributed by atoms with Crippen LogP contribution in [0, 0.1) is 12.7 Å². The molecule has 4 rings (SSSR count). The van der Waals surface area contributed by atoms with E-state index in [0.717, 1.165) is 30.6 Å². The van der Waals surface area contributed by atoms with Crippen LogP contribution >= 0.6 is 0 Å². The Labute approximate surface area is 179 Å². The zero-order valence-electron chi connectivity index (χ0n) is 17.3. The summed E-state index contributed by atoms with van der Waals surface area (Å²) in [5, 5.41) is 4.08. The number of piperidine rings is 1. The van der Waals surface area contributed by atoms with E-state index in [0.29, 0.717) is 24.0 Å². The van der Waals surface area contributed by atoms with Crippen molar-refractivity contribution in [3.63, 3.8) is 0 Å². The highest BCUT2D eigenvalue weighted by atomic mass is 19.1. The third kappa shape index (κ3) is 5.39. The minimum Gasteiger partial charge on any atom is -0.484 e. The third-order valence-corrected chi connectivity index (χ3v) is 5.16. The van der Waals surface area contributed by atoms with Crippen LogP contribution in [-0.2, 0) is 11.4 Å². The fourth-order valence-corrected chi connectivity index (χ4v) is 3.50. The molecule has 0 aliphatic carbocycles. The average molecular weight is 425 g/mol. The van der Waals surface area contributed by atoms with Crippen LogP contribution < -0.4 is 9.47 Å². The maximum Gasteiger partial charge on any atom is 0.264 e. The number of aromatic nitrogens is 2. The first kappa shape index (κ1) is 20.8. The van der Waals surface area contributed by atoms with E-state index in [2.05, 4.69) is 10.1 Å². The second-order valence-corrected chi connectivity index (χ2v) is 7.49. The third-order valence-electron chi connectivity index (χ3n) is 5.16. The molecule has 1 saturated heterocycles. The van der Waals surface area contributed by atoms with Crippen LogP contribution in [0.3, 0.4) is 0 Å². The van der Waals surface area contributed by atoms with E-state index >= 15 is 0 Å². The predicted octanol–water partition coefficient (Wildman–Crippen LogP) is 4.23. The number of amides is 1. The van der Waals surface area contributed by atoms with Crippen LogP contribution in [-0.4, -0.2) is 34.1 Å². The van der Waals surface area contributed by atoms with E-state index in [4.69, 9.17) is 14.0 Å². The number of likely N-dealkylation sites (tertiary alicyclic amines) is 1. The normalized spacial score (nSPS) is 16.2. The number of benzene rings is 2. The lowest BCUT2D eigenvalue weighted by molar-refractivity contribution is -0.137. The zero-order valence-corrected chi connectivity index (χ0v) is 17.3. The fraction of sp³-hybridized carbons (Fsp3) is 0.348. The van der Waals surface area contributed by atoms with E-state index in [1.807, 2.05) is 31.2 Å². The summed E-state index contributed by atoms with van der Waals surface area (Å²) in [6, 6.07) is 13.0. The van der Waals surface area contributed by atoms with Gasteiger partial charge in [0.1, 0.15) is 17.3 Å². The van der Waals surface area contributed by atoms with Crippen molar-refractivity contribution in [1.82, 2.24) is 15.0 Å². The van der Waals surface area contributed by atoms with Crippen LogP contribution in [0.4, 0.5) is 4.39 Å². The lowest BCUT2D eigenvalue weighted by Gasteiger charge is -2.33. The molecule has 1 atom stereocenters. The number of carbonyl (C=O) groups excluding carboxylic acids is 1. The summed E-state index contributed by atoms with van der Waals surface area (Å²) >= 11 is 0. The van der Waals surface area contributed by atoms with Crippen molar-refractivity contribution in [2.75, 3.05) is 13.2 Å². The second-order valence-electron chi connectivity index (χ2n) is 7.49. The van der Waals surface area contributed by atoms with Crippen molar-refractivity contribution < 1.29 is 23.2 Å². The summed E-state index contributed by atoms with van der Waals surface area (Å²) < 4.78 is 29.6. The van der Waals surface area contributed by atoms with Crippen molar-refractivity contribution >= 4 is 5.91 Å². The first-order valence-corrected chi connectivity index (χ1v) is 10.3. The number of ether oxygens (including phenoxy) is 2. The molecule has 2 aromatic carbocycles. The van der Waals surface area contributed by atoms with Gasteiger partial charge in [0, 0.05) is 6.54 Å². The molecule has 2 heterocycles. The molecule has 0 bridgehead atoms. The summed E-state index contributed by atoms with van der Waals surface area (Å²) in [4.78, 5) is 19.0. The van der Waals surface area contributed by atoms with Gasteiger partial charge in [0.2, 0.25) is 0 Å². The quantitative estimate of drug-likeness (QED) is 0.564. The van der Waals surface area contributed by atoms with Gasteiger partial charge in [0.25, 0.3) is 11.8 Å². The van der Waals surface area contributed by atoms with E-state index in [9.17, 15) is 9.18 Å². The zero-order chi connectivity index (χ0) is 21.6. The second kappa shape index (κ2) is 9.59. The van der Waals surface area contributed by atoms with Gasteiger partial charge in [-0.2, -0.15) is 4.98 Å². The lowest BCUT2D eigenvalue weighted by Crippen LogP contribution is -2.41. The predicted molar refractivity (Wildman–Crippen MR) is 110 cm³/mol. The first-order valence-electron chi connectivity index (χ1n) is 10.3. The molecule has 1 unspecified atom stereocenters. The molecular formula is C23H24FN3O4. The Morgan fingerprint density at radius 1 is 1.10 bits per heavy atom. The average Bonchev–Trinajstić information content (AvgIpc) is 3.27. The maximum atomic E-state index is 13.0. The standard InChI is InChI=1S/C23H24FN3O4/c1-16-5-9-18(10-6-16)29-14-21-25-23(26-31-21)20-4-2-3-13-27(20)22(28)15-30-19-11-7-17(24)8-12-19/h5-12,20H,2-4,13-15H2,1H3. The van der Waals surface area contributed by atoms with E-state index in [1.165, 1.54) is 24.3 Å². The molecule has 7 nitrogen and oxygen atoms in total. The number of hydrogen-bond donors (Lipinski definition) is 0. The molecule has 3 aromatic rings. The molecule has 1 amide bonds. The fourth-order valence-electron chi connectivity index (χ4n) is 3.50. The molecule has 1 fully saturated rings. The number of carbonyl (C=O) groups is 1. The van der Waals surface area contributed by atoms with Gasteiger partial charge in [-0.25, -0.2) is 4.39 Å². The minimum atomic E-state index is -0.353. The summed E-state index contributed by atoms with van der Waals surface area (Å²) in [5.74, 6) is 1.47. The lowest BCUT2D eigenvalue weighted by atomic mass is 10.0. The number of hydrogen-bond acceptors (Lipinski definition) is 6. The Morgan fingerprint density at radius 3 is 2.58 bits per heavy atom. The first-order chi connectivity index (χ1) is 15.1. The molecule has 0 radical (unpaired) electrons. The summed E-state index contributed by atoms with van der Waals surface area (Å²) in [7, 11) is 0. The Balaban J connectivity index is 1.37. The van der Waals surface area contributed by atoms with Crippen molar-refractivity contribution in [3.8, 4) is 11.5 Å². The Kier molecular flexibility index (Phi) is 6.45. The highest BCUT2D eigenvalue weighted by Gasteiger charge is 2.31. The summed E-state index contributed by atoms with van der Waals surface area (Å²) in [6.07, 6.45) is 2.62. The van der Waals surface area contributed by atoms with Crippen molar-refractivity contribution in [1.29, 1.82) is 0 Å². The Morgan fingerprint density at radius 2 is 1.81 bits per heavy atom. The van der Waals surface area contributed by atoms with Crippen molar-refractivity contribution in [2.45, 2.75) is 38.8 Å². The van der Waals surface area contributed by atoms with Gasteiger partial charge >= 0.3 is 0 Å². The molecule has 0 spiro atoms. The molecule has 1 aromatic heterocycles. The maximum absolute atomic E-state index is 13.0. The molecule has 1 aliphatic rings. The van der Waals surface area contributed by atoms with Crippen LogP contribution in [0.2, 0.25) is 0 Å². The summed E-state index contributed by atoms with van der Waals surface area (Å²) in [6.45, 7) is 2.63. The van der Waals surface area contributed by atoms with Gasteiger partial charge in [0.05, 0.1) is 6.04 Å². The topological polar surface area (TPSA) is 77.7 Å². The van der Waals surface area contributed by atoms with Gasteiger partial charge in [-0.15, -0.1) is 0 Å². The number of aryl methyl sites for hydroxylation is 1. The van der Waals surface area contributed by atoms with Crippen molar-refractivity contribution in [3.05, 3.63) is 71.6 Å². The van der Waals surface area contributed by atoms with Gasteiger partial charge in [-0.05, 0) is 62.6 Å². The molecule has 162 valence electrons. The molecule has 31 heavy (non-hydrogen) atoms. The highest BCUT2D eigenvalue weighted by Crippen LogP contribution is 2.29. The van der Waals surface area contributed by atoms with Gasteiger partial charge < -0.3 is 18.9 Å². The highest BCUT2D eigenvalue weighted by molar-refractivity contribution is 5.78. The number of nitrogens with zero attached hydrogens (tertiary/aromatic N) is 3. The SMILES string of the molecule is Cc1ccc(OCc2nc(C3CCCCN3C(=O)COc3ccc(F)cc3)no2)cc1. The number of halogens is 1. The monoisotopic (exact) mass is 425 g/mol. The van der Waals surface area contributed by atoms with Gasteiger partial charge in [0.15, 0.2) is 19.0 Å². The van der Waals surface area contributed by atoms with Crippen LogP contribution in [0.25, 0.3) is 0 Å². The van der Waals surface area contributed by atoms with Crippen LogP contribution in [0.5, 0.6) is 11.5 Å². The number of rotatable bonds is 7. The van der Waals surface area contributed by atoms with E-state index in [1.54, 1.807) is 4.90 Å². The van der Waals surface area contributed by atoms with E-state index in [-0.39, 0.29) is 31.0 Å². The Bertz CT molecular complexity index is 1000. The molecule has 1 aliphatic heterocycles. The smallest absolute Gasteiger partial charge is 0.264 e. The van der Waals surface area contributed by atoms with Gasteiger partial charge in [-0.3, -0.25) is 4.79 Å². The largest absolute Gasteiger partial charge is 0.484 e. The van der Waals surface area contributed by atoms with E-state index < -0.39 is 0 Å².